The molecule has 1 heteroatoms. The number of hydrogen-bond acceptors (Lipinski definition) is 1. The van der Waals surface area contributed by atoms with Crippen molar-refractivity contribution in [3.8, 4) is 0 Å². The molecule has 8 heavy (non-hydrogen) atoms. The molecule has 0 radical (unpaired) electrons. The second kappa shape index (κ2) is 4.61. The predicted molar refractivity (Wildman–Crippen MR) is 36.1 cm³/mol. The van der Waals surface area contributed by atoms with Crippen LogP contribution in [-0.4, -0.2) is 0 Å². The van der Waals surface area contributed by atoms with Crippen molar-refractivity contribution < 1.29 is 0 Å². The van der Waals surface area contributed by atoms with E-state index in [1.165, 1.54) is 12.8 Å². The van der Waals surface area contributed by atoms with Crippen LogP contribution in [0, 0.1) is 6.58 Å². The molecule has 0 heterocycles. The zero-order valence-electron chi connectivity index (χ0n) is 5.48. The molecule has 0 aromatic heterocycles. The van der Waals surface area contributed by atoms with Crippen molar-refractivity contribution in [2.75, 3.05) is 0 Å². The lowest BCUT2D eigenvalue weighted by molar-refractivity contribution is 0.710. The second-order valence-electron chi connectivity index (χ2n) is 2.03. The Morgan fingerprint density at radius 1 is 1.50 bits per heavy atom. The number of unbranched alkanes of at least 4 members (excludes halogenated alkanes) is 2. The maximum Gasteiger partial charge on any atom is 0.248 e. The van der Waals surface area contributed by atoms with E-state index in [2.05, 4.69) is 6.92 Å². The molecule has 0 aromatic carbocycles. The molecule has 0 unspecified atom stereocenters. The molecule has 0 saturated carbocycles. The summed E-state index contributed by atoms with van der Waals surface area (Å²) in [4.78, 5) is 0. The Kier molecular flexibility index (Phi) is 4.29. The van der Waals surface area contributed by atoms with Gasteiger partial charge in [-0.05, 0) is 6.42 Å². The Hall–Kier alpha value is -0.550. The lowest BCUT2D eigenvalue weighted by Crippen LogP contribution is -1.93. The first kappa shape index (κ1) is 7.45. The normalized spacial score (nSPS) is 9.00. The summed E-state index contributed by atoms with van der Waals surface area (Å²) in [5.41, 5.74) is 5.80. The van der Waals surface area contributed by atoms with Crippen LogP contribution in [-0.2, 0) is 0 Å². The van der Waals surface area contributed by atoms with Gasteiger partial charge < -0.3 is 5.73 Å². The molecular formula is C7H14N+. The first-order valence-corrected chi connectivity index (χ1v) is 3.14. The average Bonchev–Trinajstić information content (AvgIpc) is 1.66. The Labute approximate surface area is 51.6 Å². The molecule has 46 valence electrons. The summed E-state index contributed by atoms with van der Waals surface area (Å²) in [7, 11) is 0. The largest absolute Gasteiger partial charge is 0.359 e. The van der Waals surface area contributed by atoms with E-state index in [0.717, 1.165) is 12.8 Å². The summed E-state index contributed by atoms with van der Waals surface area (Å²) in [6.45, 7) is 7.39. The van der Waals surface area contributed by atoms with E-state index in [0.29, 0.717) is 5.70 Å². The number of allylic oxidation sites excluding steroid dienone is 1. The second-order valence-corrected chi connectivity index (χ2v) is 2.03. The molecule has 0 rings (SSSR count). The third-order valence-corrected chi connectivity index (χ3v) is 1.07. The fourth-order valence-electron chi connectivity index (χ4n) is 0.579. The fraction of sp³-hybridized carbons (Fsp3) is 0.714. The molecule has 0 aliphatic rings. The third-order valence-electron chi connectivity index (χ3n) is 1.07. The molecule has 1 nitrogen and oxygen atoms in total. The van der Waals surface area contributed by atoms with Crippen LogP contribution in [0.5, 0.6) is 0 Å². The van der Waals surface area contributed by atoms with Gasteiger partial charge in [0.2, 0.25) is 12.3 Å². The minimum absolute atomic E-state index is 0.568. The predicted octanol–water partition coefficient (Wildman–Crippen LogP) is 1.84. The third kappa shape index (κ3) is 5.45. The van der Waals surface area contributed by atoms with E-state index in [4.69, 9.17) is 12.3 Å². The van der Waals surface area contributed by atoms with Crippen LogP contribution in [0.1, 0.15) is 32.6 Å². The molecular weight excluding hydrogens is 98.1 g/mol. The minimum Gasteiger partial charge on any atom is -0.359 e. The van der Waals surface area contributed by atoms with Gasteiger partial charge in [0.1, 0.15) is 0 Å². The molecule has 0 aliphatic heterocycles. The first-order valence-electron chi connectivity index (χ1n) is 3.14. The van der Waals surface area contributed by atoms with Crippen molar-refractivity contribution >= 4 is 0 Å². The highest BCUT2D eigenvalue weighted by atomic mass is 14.5. The van der Waals surface area contributed by atoms with Crippen LogP contribution < -0.4 is 5.73 Å². The highest BCUT2D eigenvalue weighted by Gasteiger charge is 1.93. The SMILES string of the molecule is [CH+]=C(N)CCCCC. The zero-order chi connectivity index (χ0) is 6.41. The molecule has 0 fully saturated rings. The lowest BCUT2D eigenvalue weighted by Gasteiger charge is -1.89. The van der Waals surface area contributed by atoms with Gasteiger partial charge in [-0.25, -0.2) is 0 Å². The van der Waals surface area contributed by atoms with Crippen molar-refractivity contribution in [2.45, 2.75) is 32.6 Å². The molecule has 0 aliphatic carbocycles. The van der Waals surface area contributed by atoms with E-state index in [1.807, 2.05) is 0 Å². The summed E-state index contributed by atoms with van der Waals surface area (Å²) in [6, 6.07) is 0. The maximum absolute atomic E-state index is 5.23. The number of hydrogen-bond donors (Lipinski definition) is 1. The fourth-order valence-corrected chi connectivity index (χ4v) is 0.579. The summed E-state index contributed by atoms with van der Waals surface area (Å²) >= 11 is 0. The summed E-state index contributed by atoms with van der Waals surface area (Å²) in [5, 5.41) is 0. The number of rotatable bonds is 4. The lowest BCUT2D eigenvalue weighted by atomic mass is 10.2. The Bertz CT molecular complexity index is 66.8. The molecule has 0 aromatic rings. The van der Waals surface area contributed by atoms with Gasteiger partial charge in [0, 0.05) is 6.42 Å². The summed E-state index contributed by atoms with van der Waals surface area (Å²) in [5.74, 6) is 0. The Morgan fingerprint density at radius 2 is 2.12 bits per heavy atom. The Morgan fingerprint density at radius 3 is 2.50 bits per heavy atom. The van der Waals surface area contributed by atoms with E-state index >= 15 is 0 Å². The molecule has 2 N–H and O–H groups in total. The number of nitrogens with two attached hydrogens (primary N) is 1. The van der Waals surface area contributed by atoms with Crippen LogP contribution in [0.25, 0.3) is 0 Å². The minimum atomic E-state index is 0.568. The van der Waals surface area contributed by atoms with Crippen LogP contribution >= 0.6 is 0 Å². The van der Waals surface area contributed by atoms with Gasteiger partial charge in [0.15, 0.2) is 0 Å². The summed E-state index contributed by atoms with van der Waals surface area (Å²) < 4.78 is 0. The topological polar surface area (TPSA) is 26.0 Å². The molecule has 0 spiro atoms. The molecule has 0 atom stereocenters. The molecule has 0 amide bonds. The van der Waals surface area contributed by atoms with Gasteiger partial charge in [-0.15, -0.1) is 0 Å². The van der Waals surface area contributed by atoms with Gasteiger partial charge in [-0.1, -0.05) is 19.8 Å². The smallest absolute Gasteiger partial charge is 0.248 e. The van der Waals surface area contributed by atoms with Crippen LogP contribution in [0.3, 0.4) is 0 Å². The zero-order valence-corrected chi connectivity index (χ0v) is 5.48. The van der Waals surface area contributed by atoms with Gasteiger partial charge in [0.05, 0.1) is 0 Å². The van der Waals surface area contributed by atoms with Crippen molar-refractivity contribution in [1.29, 1.82) is 0 Å². The first-order chi connectivity index (χ1) is 3.77. The van der Waals surface area contributed by atoms with Gasteiger partial charge >= 0.3 is 0 Å². The standard InChI is InChI=1S/C7H14N/c1-3-4-5-6-7(2)8/h2H,3-6,8H2,1H3/q+1. The highest BCUT2D eigenvalue weighted by molar-refractivity contribution is 4.81. The van der Waals surface area contributed by atoms with Crippen molar-refractivity contribution in [2.24, 2.45) is 5.73 Å². The summed E-state index contributed by atoms with van der Waals surface area (Å²) in [6.07, 6.45) is 4.48. The van der Waals surface area contributed by atoms with Gasteiger partial charge in [-0.3, -0.25) is 0 Å². The highest BCUT2D eigenvalue weighted by Crippen LogP contribution is 2.00. The van der Waals surface area contributed by atoms with E-state index < -0.39 is 0 Å². The quantitative estimate of drug-likeness (QED) is 0.436. The van der Waals surface area contributed by atoms with E-state index in [1.54, 1.807) is 0 Å². The molecule has 0 bridgehead atoms. The van der Waals surface area contributed by atoms with Gasteiger partial charge in [0.25, 0.3) is 0 Å². The van der Waals surface area contributed by atoms with E-state index in [9.17, 15) is 0 Å². The van der Waals surface area contributed by atoms with Crippen molar-refractivity contribution in [3.05, 3.63) is 12.3 Å². The van der Waals surface area contributed by atoms with Crippen LogP contribution in [0.15, 0.2) is 5.70 Å². The van der Waals surface area contributed by atoms with Crippen LogP contribution in [0.4, 0.5) is 0 Å². The molecule has 0 saturated heterocycles. The van der Waals surface area contributed by atoms with Crippen molar-refractivity contribution in [3.63, 3.8) is 0 Å². The Balaban J connectivity index is 2.82. The van der Waals surface area contributed by atoms with Crippen LogP contribution in [0.2, 0.25) is 0 Å². The average molecular weight is 112 g/mol. The monoisotopic (exact) mass is 112 g/mol. The maximum atomic E-state index is 5.23. The van der Waals surface area contributed by atoms with Crippen molar-refractivity contribution in [1.82, 2.24) is 0 Å². The van der Waals surface area contributed by atoms with Gasteiger partial charge in [-0.2, -0.15) is 0 Å². The van der Waals surface area contributed by atoms with E-state index in [-0.39, 0.29) is 0 Å².